The summed E-state index contributed by atoms with van der Waals surface area (Å²) in [6.07, 6.45) is 3.35. The Hall–Kier alpha value is -2.23. The van der Waals surface area contributed by atoms with Crippen LogP contribution in [-0.4, -0.2) is 9.97 Å². The lowest BCUT2D eigenvalue weighted by Crippen LogP contribution is -1.81. The summed E-state index contributed by atoms with van der Waals surface area (Å²) in [5.41, 5.74) is 2.76. The number of aromatic amines is 1. The maximum atomic E-state index is 13.7. The summed E-state index contributed by atoms with van der Waals surface area (Å²) in [5.74, 6) is -1.15. The molecule has 1 aromatic carbocycles. The van der Waals surface area contributed by atoms with E-state index in [0.717, 1.165) is 22.9 Å². The first-order valence-electron chi connectivity index (χ1n) is 6.54. The van der Waals surface area contributed by atoms with Gasteiger partial charge in [-0.25, -0.2) is 8.78 Å². The predicted molar refractivity (Wildman–Crippen MR) is 77.5 cm³/mol. The highest BCUT2D eigenvalue weighted by Gasteiger charge is 2.13. The highest BCUT2D eigenvalue weighted by molar-refractivity contribution is 5.90. The minimum Gasteiger partial charge on any atom is -0.352 e. The van der Waals surface area contributed by atoms with Crippen molar-refractivity contribution in [3.8, 4) is 11.3 Å². The Morgan fingerprint density at radius 1 is 1.15 bits per heavy atom. The van der Waals surface area contributed by atoms with Crippen LogP contribution >= 0.6 is 0 Å². The molecule has 3 rings (SSSR count). The van der Waals surface area contributed by atoms with Crippen LogP contribution in [-0.2, 0) is 0 Å². The first-order valence-corrected chi connectivity index (χ1v) is 6.54. The second-order valence-corrected chi connectivity index (χ2v) is 4.18. The normalized spacial score (nSPS) is 10.2. The molecule has 0 bridgehead atoms. The van der Waals surface area contributed by atoms with E-state index < -0.39 is 11.6 Å². The molecule has 4 heteroatoms. The molecule has 0 spiro atoms. The van der Waals surface area contributed by atoms with Gasteiger partial charge < -0.3 is 4.98 Å². The number of nitrogens with zero attached hydrogens (tertiary/aromatic N) is 1. The van der Waals surface area contributed by atoms with Crippen molar-refractivity contribution in [1.82, 2.24) is 9.97 Å². The molecule has 0 radical (unpaired) electrons. The molecule has 0 aliphatic rings. The number of rotatable bonds is 1. The molecule has 0 saturated heterocycles. The van der Waals surface area contributed by atoms with E-state index >= 15 is 0 Å². The first-order chi connectivity index (χ1) is 9.66. The summed E-state index contributed by atoms with van der Waals surface area (Å²) in [7, 11) is 0. The molecule has 2 heterocycles. The van der Waals surface area contributed by atoms with Gasteiger partial charge in [-0.3, -0.25) is 4.98 Å². The minimum atomic E-state index is -0.580. The number of halogens is 2. The number of pyridine rings is 1. The van der Waals surface area contributed by atoms with Crippen molar-refractivity contribution in [2.75, 3.05) is 0 Å². The SMILES string of the molecule is CC.Cc1c(-c2cccnc2)[nH]c2c(F)cc(F)cc12. The monoisotopic (exact) mass is 274 g/mol. The molecule has 3 aromatic rings. The average molecular weight is 274 g/mol. The molecular weight excluding hydrogens is 258 g/mol. The smallest absolute Gasteiger partial charge is 0.150 e. The van der Waals surface area contributed by atoms with E-state index in [1.807, 2.05) is 26.8 Å². The maximum absolute atomic E-state index is 13.7. The van der Waals surface area contributed by atoms with E-state index in [0.29, 0.717) is 10.9 Å². The van der Waals surface area contributed by atoms with E-state index in [4.69, 9.17) is 0 Å². The Morgan fingerprint density at radius 2 is 1.90 bits per heavy atom. The quantitative estimate of drug-likeness (QED) is 0.675. The van der Waals surface area contributed by atoms with Gasteiger partial charge in [0, 0.05) is 29.4 Å². The van der Waals surface area contributed by atoms with Gasteiger partial charge in [0.2, 0.25) is 0 Å². The van der Waals surface area contributed by atoms with Crippen LogP contribution in [0.15, 0.2) is 36.7 Å². The van der Waals surface area contributed by atoms with E-state index in [1.165, 1.54) is 6.07 Å². The van der Waals surface area contributed by atoms with E-state index in [-0.39, 0.29) is 0 Å². The van der Waals surface area contributed by atoms with Crippen molar-refractivity contribution < 1.29 is 8.78 Å². The van der Waals surface area contributed by atoms with Crippen LogP contribution in [0.3, 0.4) is 0 Å². The number of benzene rings is 1. The van der Waals surface area contributed by atoms with Gasteiger partial charge in [0.25, 0.3) is 0 Å². The zero-order chi connectivity index (χ0) is 14.7. The van der Waals surface area contributed by atoms with Gasteiger partial charge in [-0.2, -0.15) is 0 Å². The average Bonchev–Trinajstić information content (AvgIpc) is 2.80. The summed E-state index contributed by atoms with van der Waals surface area (Å²) in [6, 6.07) is 5.89. The maximum Gasteiger partial charge on any atom is 0.150 e. The Balaban J connectivity index is 0.000000704. The molecule has 0 fully saturated rings. The van der Waals surface area contributed by atoms with Gasteiger partial charge >= 0.3 is 0 Å². The van der Waals surface area contributed by atoms with Crippen LogP contribution in [0, 0.1) is 18.6 Å². The highest BCUT2D eigenvalue weighted by Crippen LogP contribution is 2.30. The van der Waals surface area contributed by atoms with Crippen LogP contribution < -0.4 is 0 Å². The van der Waals surface area contributed by atoms with Gasteiger partial charge in [0.15, 0.2) is 0 Å². The fraction of sp³-hybridized carbons (Fsp3) is 0.188. The lowest BCUT2D eigenvalue weighted by Gasteiger charge is -1.98. The fourth-order valence-electron chi connectivity index (χ4n) is 2.15. The number of hydrogen-bond donors (Lipinski definition) is 1. The van der Waals surface area contributed by atoms with Crippen LogP contribution in [0.5, 0.6) is 0 Å². The Labute approximate surface area is 116 Å². The summed E-state index contributed by atoms with van der Waals surface area (Å²) < 4.78 is 26.9. The van der Waals surface area contributed by atoms with E-state index in [9.17, 15) is 8.78 Å². The molecule has 0 atom stereocenters. The molecule has 0 aliphatic carbocycles. The Kier molecular flexibility index (Phi) is 4.13. The summed E-state index contributed by atoms with van der Waals surface area (Å²) in [5, 5.41) is 0.561. The fourth-order valence-corrected chi connectivity index (χ4v) is 2.15. The summed E-state index contributed by atoms with van der Waals surface area (Å²) >= 11 is 0. The highest BCUT2D eigenvalue weighted by atomic mass is 19.1. The number of aromatic nitrogens is 2. The lowest BCUT2D eigenvalue weighted by atomic mass is 10.1. The van der Waals surface area contributed by atoms with Crippen molar-refractivity contribution in [3.63, 3.8) is 0 Å². The number of aryl methyl sites for hydroxylation is 1. The van der Waals surface area contributed by atoms with Gasteiger partial charge in [-0.1, -0.05) is 13.8 Å². The topological polar surface area (TPSA) is 28.7 Å². The number of H-pyrrole nitrogens is 1. The van der Waals surface area contributed by atoms with E-state index in [1.54, 1.807) is 18.5 Å². The molecule has 104 valence electrons. The van der Waals surface area contributed by atoms with Crippen molar-refractivity contribution in [3.05, 3.63) is 53.9 Å². The van der Waals surface area contributed by atoms with Crippen LogP contribution in [0.25, 0.3) is 22.2 Å². The van der Waals surface area contributed by atoms with Crippen molar-refractivity contribution in [2.45, 2.75) is 20.8 Å². The Morgan fingerprint density at radius 3 is 2.55 bits per heavy atom. The standard InChI is InChI=1S/C14H10F2N2.C2H6/c1-8-11-5-10(15)6-12(16)14(11)18-13(8)9-3-2-4-17-7-9;1-2/h2-7,18H,1H3;1-2H3. The third-order valence-electron chi connectivity index (χ3n) is 3.03. The molecule has 0 saturated carbocycles. The zero-order valence-corrected chi connectivity index (χ0v) is 11.7. The summed E-state index contributed by atoms with van der Waals surface area (Å²) in [6.45, 7) is 5.83. The van der Waals surface area contributed by atoms with E-state index in [2.05, 4.69) is 9.97 Å². The first kappa shape index (κ1) is 14.2. The second kappa shape index (κ2) is 5.82. The molecule has 2 nitrogen and oxygen atoms in total. The number of nitrogens with one attached hydrogen (secondary N) is 1. The molecule has 0 amide bonds. The van der Waals surface area contributed by atoms with Crippen LogP contribution in [0.4, 0.5) is 8.78 Å². The van der Waals surface area contributed by atoms with Gasteiger partial charge in [0.1, 0.15) is 11.6 Å². The molecule has 1 N–H and O–H groups in total. The molecule has 0 unspecified atom stereocenters. The van der Waals surface area contributed by atoms with Crippen molar-refractivity contribution in [2.24, 2.45) is 0 Å². The van der Waals surface area contributed by atoms with Crippen LogP contribution in [0.1, 0.15) is 19.4 Å². The molecule has 2 aromatic heterocycles. The lowest BCUT2D eigenvalue weighted by molar-refractivity contribution is 0.591. The summed E-state index contributed by atoms with van der Waals surface area (Å²) in [4.78, 5) is 7.02. The minimum absolute atomic E-state index is 0.327. The molecule has 0 aliphatic heterocycles. The second-order valence-electron chi connectivity index (χ2n) is 4.18. The van der Waals surface area contributed by atoms with Gasteiger partial charge in [0.05, 0.1) is 11.2 Å². The molecular formula is C16H16F2N2. The van der Waals surface area contributed by atoms with Crippen molar-refractivity contribution in [1.29, 1.82) is 0 Å². The van der Waals surface area contributed by atoms with Gasteiger partial charge in [-0.05, 0) is 30.7 Å². The predicted octanol–water partition coefficient (Wildman–Crippen LogP) is 4.84. The Bertz CT molecular complexity index is 718. The third kappa shape index (κ3) is 2.41. The number of fused-ring (bicyclic) bond motifs is 1. The van der Waals surface area contributed by atoms with Gasteiger partial charge in [-0.15, -0.1) is 0 Å². The van der Waals surface area contributed by atoms with Crippen molar-refractivity contribution >= 4 is 10.9 Å². The third-order valence-corrected chi connectivity index (χ3v) is 3.03. The van der Waals surface area contributed by atoms with Crippen LogP contribution in [0.2, 0.25) is 0 Å². The molecule has 20 heavy (non-hydrogen) atoms. The zero-order valence-electron chi connectivity index (χ0n) is 11.7. The largest absolute Gasteiger partial charge is 0.352 e. The number of hydrogen-bond acceptors (Lipinski definition) is 1.